The average molecular weight is 494 g/mol. The van der Waals surface area contributed by atoms with Crippen molar-refractivity contribution in [2.45, 2.75) is 32.9 Å². The number of aliphatic imine (C=N–C) groups is 1. The van der Waals surface area contributed by atoms with Crippen LogP contribution < -0.4 is 10.6 Å². The molecule has 0 aliphatic carbocycles. The van der Waals surface area contributed by atoms with Gasteiger partial charge in [0.15, 0.2) is 11.8 Å². The first-order chi connectivity index (χ1) is 11.6. The Balaban J connectivity index is 0.00000312. The van der Waals surface area contributed by atoms with Crippen LogP contribution in [0.3, 0.4) is 0 Å². The van der Waals surface area contributed by atoms with E-state index in [1.807, 2.05) is 30.3 Å². The molecule has 0 radical (unpaired) electrons. The van der Waals surface area contributed by atoms with E-state index in [1.54, 1.807) is 11.3 Å². The van der Waals surface area contributed by atoms with Crippen molar-refractivity contribution in [1.82, 2.24) is 25.4 Å². The number of nitrogens with zero attached hydrogens (tertiary/aromatic N) is 4. The van der Waals surface area contributed by atoms with Crippen LogP contribution in [0.25, 0.3) is 0 Å². The highest BCUT2D eigenvalue weighted by Crippen LogP contribution is 2.17. The molecule has 2 rings (SSSR count). The normalized spacial score (nSPS) is 12.6. The lowest BCUT2D eigenvalue weighted by atomic mass is 10.3. The number of thiophene rings is 1. The Kier molecular flexibility index (Phi) is 10.4. The molecule has 0 aliphatic heterocycles. The van der Waals surface area contributed by atoms with Crippen molar-refractivity contribution in [3.63, 3.8) is 0 Å². The van der Waals surface area contributed by atoms with Gasteiger partial charge in [-0.3, -0.25) is 0 Å². The maximum absolute atomic E-state index is 4.68. The molecule has 0 spiro atoms. The van der Waals surface area contributed by atoms with Gasteiger partial charge >= 0.3 is 0 Å². The molecule has 0 saturated heterocycles. The standard InChI is InChI=1S/C16H26N6S2.HI/c1-12(14-7-5-10-24-14)19-16(17-8-6-9-23-4)18-11-15-21-20-13(2)22(15)3;/h5,7,10,12H,6,8-9,11H2,1-4H3,(H2,17,18,19);1H. The Bertz CT molecular complexity index is 641. The Morgan fingerprint density at radius 1 is 1.44 bits per heavy atom. The molecule has 9 heteroatoms. The fourth-order valence-electron chi connectivity index (χ4n) is 2.13. The molecule has 0 amide bonds. The van der Waals surface area contributed by atoms with E-state index in [-0.39, 0.29) is 30.0 Å². The zero-order valence-electron chi connectivity index (χ0n) is 15.2. The molecular formula is C16H27IN6S2. The molecule has 0 saturated carbocycles. The lowest BCUT2D eigenvalue weighted by Gasteiger charge is -2.17. The van der Waals surface area contributed by atoms with Gasteiger partial charge in [-0.25, -0.2) is 4.99 Å². The zero-order valence-corrected chi connectivity index (χ0v) is 19.1. The molecule has 0 aromatic carbocycles. The molecule has 2 heterocycles. The molecule has 1 unspecified atom stereocenters. The topological polar surface area (TPSA) is 67.1 Å². The van der Waals surface area contributed by atoms with Crippen LogP contribution in [0.2, 0.25) is 0 Å². The van der Waals surface area contributed by atoms with Gasteiger partial charge in [-0.2, -0.15) is 11.8 Å². The monoisotopic (exact) mass is 494 g/mol. The first-order valence-corrected chi connectivity index (χ1v) is 10.3. The summed E-state index contributed by atoms with van der Waals surface area (Å²) in [6.45, 7) is 5.50. The summed E-state index contributed by atoms with van der Waals surface area (Å²) in [5, 5.41) is 17.2. The molecule has 1 atom stereocenters. The maximum Gasteiger partial charge on any atom is 0.192 e. The SMILES string of the molecule is CSCCCNC(=NCc1nnc(C)n1C)NC(C)c1cccs1.I. The number of rotatable bonds is 8. The quantitative estimate of drug-likeness (QED) is 0.255. The van der Waals surface area contributed by atoms with E-state index in [4.69, 9.17) is 0 Å². The molecule has 6 nitrogen and oxygen atoms in total. The van der Waals surface area contributed by atoms with Crippen LogP contribution >= 0.6 is 47.1 Å². The fraction of sp³-hybridized carbons (Fsp3) is 0.562. The third-order valence-corrected chi connectivity index (χ3v) is 5.45. The Morgan fingerprint density at radius 3 is 2.84 bits per heavy atom. The molecule has 25 heavy (non-hydrogen) atoms. The van der Waals surface area contributed by atoms with Crippen LogP contribution in [0.4, 0.5) is 0 Å². The van der Waals surface area contributed by atoms with Crippen LogP contribution in [0.1, 0.15) is 35.9 Å². The smallest absolute Gasteiger partial charge is 0.192 e. The minimum atomic E-state index is 0. The summed E-state index contributed by atoms with van der Waals surface area (Å²) in [7, 11) is 1.97. The molecule has 0 bridgehead atoms. The summed E-state index contributed by atoms with van der Waals surface area (Å²) in [6.07, 6.45) is 3.24. The molecule has 2 aromatic rings. The molecular weight excluding hydrogens is 467 g/mol. The number of halogens is 1. The van der Waals surface area contributed by atoms with Crippen LogP contribution in [0, 0.1) is 6.92 Å². The summed E-state index contributed by atoms with van der Waals surface area (Å²) in [4.78, 5) is 5.98. The van der Waals surface area contributed by atoms with Crippen molar-refractivity contribution < 1.29 is 0 Å². The largest absolute Gasteiger partial charge is 0.356 e. The summed E-state index contributed by atoms with van der Waals surface area (Å²) in [5.74, 6) is 3.72. The highest BCUT2D eigenvalue weighted by atomic mass is 127. The maximum atomic E-state index is 4.68. The van der Waals surface area contributed by atoms with Gasteiger partial charge in [-0.1, -0.05) is 6.07 Å². The van der Waals surface area contributed by atoms with E-state index < -0.39 is 0 Å². The summed E-state index contributed by atoms with van der Waals surface area (Å²) < 4.78 is 1.97. The van der Waals surface area contributed by atoms with Crippen molar-refractivity contribution in [2.75, 3.05) is 18.6 Å². The van der Waals surface area contributed by atoms with Crippen molar-refractivity contribution in [2.24, 2.45) is 12.0 Å². The van der Waals surface area contributed by atoms with Gasteiger partial charge < -0.3 is 15.2 Å². The Morgan fingerprint density at radius 2 is 2.24 bits per heavy atom. The number of aromatic nitrogens is 3. The van der Waals surface area contributed by atoms with E-state index in [0.717, 1.165) is 36.3 Å². The number of hydrogen-bond acceptors (Lipinski definition) is 5. The van der Waals surface area contributed by atoms with Crippen LogP contribution in [-0.2, 0) is 13.6 Å². The summed E-state index contributed by atoms with van der Waals surface area (Å²) in [6, 6.07) is 4.43. The minimum absolute atomic E-state index is 0. The van der Waals surface area contributed by atoms with Crippen molar-refractivity contribution in [1.29, 1.82) is 0 Å². The van der Waals surface area contributed by atoms with Crippen molar-refractivity contribution >= 4 is 53.0 Å². The highest BCUT2D eigenvalue weighted by molar-refractivity contribution is 14.0. The average Bonchev–Trinajstić information content (AvgIpc) is 3.21. The van der Waals surface area contributed by atoms with Gasteiger partial charge in [0.25, 0.3) is 0 Å². The van der Waals surface area contributed by atoms with Gasteiger partial charge in [-0.05, 0) is 43.7 Å². The van der Waals surface area contributed by atoms with Gasteiger partial charge in [0.2, 0.25) is 0 Å². The Hall–Kier alpha value is -0.810. The Labute approximate surface area is 175 Å². The first kappa shape index (κ1) is 22.2. The predicted octanol–water partition coefficient (Wildman–Crippen LogP) is 3.35. The predicted molar refractivity (Wildman–Crippen MR) is 119 cm³/mol. The third kappa shape index (κ3) is 7.14. The second-order valence-corrected chi connectivity index (χ2v) is 7.51. The first-order valence-electron chi connectivity index (χ1n) is 8.04. The van der Waals surface area contributed by atoms with Crippen LogP contribution in [-0.4, -0.2) is 39.3 Å². The molecule has 2 aromatic heterocycles. The van der Waals surface area contributed by atoms with E-state index >= 15 is 0 Å². The minimum Gasteiger partial charge on any atom is -0.356 e. The lowest BCUT2D eigenvalue weighted by Crippen LogP contribution is -2.39. The number of aryl methyl sites for hydroxylation is 1. The van der Waals surface area contributed by atoms with E-state index in [1.165, 1.54) is 4.88 Å². The summed E-state index contributed by atoms with van der Waals surface area (Å²) in [5.41, 5.74) is 0. The van der Waals surface area contributed by atoms with Gasteiger partial charge in [0, 0.05) is 18.5 Å². The number of hydrogen-bond donors (Lipinski definition) is 2. The van der Waals surface area contributed by atoms with Gasteiger partial charge in [-0.15, -0.1) is 45.5 Å². The summed E-state index contributed by atoms with van der Waals surface area (Å²) >= 11 is 3.61. The van der Waals surface area contributed by atoms with Crippen molar-refractivity contribution in [3.8, 4) is 0 Å². The zero-order chi connectivity index (χ0) is 17.4. The van der Waals surface area contributed by atoms with E-state index in [9.17, 15) is 0 Å². The second-order valence-electron chi connectivity index (χ2n) is 5.54. The van der Waals surface area contributed by atoms with E-state index in [0.29, 0.717) is 6.54 Å². The third-order valence-electron chi connectivity index (χ3n) is 3.70. The number of thioether (sulfide) groups is 1. The molecule has 0 fully saturated rings. The molecule has 2 N–H and O–H groups in total. The highest BCUT2D eigenvalue weighted by Gasteiger charge is 2.10. The van der Waals surface area contributed by atoms with Gasteiger partial charge in [0.1, 0.15) is 12.4 Å². The number of nitrogens with one attached hydrogen (secondary N) is 2. The lowest BCUT2D eigenvalue weighted by molar-refractivity contribution is 0.683. The van der Waals surface area contributed by atoms with Crippen molar-refractivity contribution in [3.05, 3.63) is 34.0 Å². The van der Waals surface area contributed by atoms with Crippen LogP contribution in [0.5, 0.6) is 0 Å². The molecule has 140 valence electrons. The van der Waals surface area contributed by atoms with Gasteiger partial charge in [0.05, 0.1) is 6.04 Å². The second kappa shape index (κ2) is 11.7. The van der Waals surface area contributed by atoms with Crippen LogP contribution in [0.15, 0.2) is 22.5 Å². The fourth-order valence-corrected chi connectivity index (χ4v) is 3.30. The van der Waals surface area contributed by atoms with E-state index in [2.05, 4.69) is 56.5 Å². The number of guanidine groups is 1. The molecule has 0 aliphatic rings.